The van der Waals surface area contributed by atoms with Crippen LogP contribution in [0.2, 0.25) is 0 Å². The molecule has 2 aliphatic rings. The molecule has 0 fully saturated rings. The van der Waals surface area contributed by atoms with Gasteiger partial charge in [0.05, 0.1) is 23.8 Å². The van der Waals surface area contributed by atoms with E-state index in [0.29, 0.717) is 21.1 Å². The SMILES string of the molecule is CCOC(=O)c1c(NC(=O)c2c(NC(=O)CC#N)sc3c2CCC3)sc2c1CCCC2. The number of esters is 1. The van der Waals surface area contributed by atoms with Gasteiger partial charge in [-0.25, -0.2) is 4.79 Å². The second kappa shape index (κ2) is 9.20. The smallest absolute Gasteiger partial charge is 0.341 e. The van der Waals surface area contributed by atoms with Gasteiger partial charge in [-0.1, -0.05) is 0 Å². The normalized spacial score (nSPS) is 14.3. The number of nitrogens with zero attached hydrogens (tertiary/aromatic N) is 1. The Labute approximate surface area is 188 Å². The van der Waals surface area contributed by atoms with Crippen LogP contribution in [-0.2, 0) is 35.2 Å². The molecule has 0 aliphatic heterocycles. The summed E-state index contributed by atoms with van der Waals surface area (Å²) in [4.78, 5) is 40.3. The number of rotatable bonds is 6. The zero-order valence-electron chi connectivity index (χ0n) is 17.3. The van der Waals surface area contributed by atoms with Crippen molar-refractivity contribution in [3.05, 3.63) is 32.0 Å². The minimum absolute atomic E-state index is 0.268. The maximum Gasteiger partial charge on any atom is 0.341 e. The summed E-state index contributed by atoms with van der Waals surface area (Å²) in [7, 11) is 0. The van der Waals surface area contributed by atoms with E-state index in [4.69, 9.17) is 10.00 Å². The predicted molar refractivity (Wildman–Crippen MR) is 120 cm³/mol. The third-order valence-electron chi connectivity index (χ3n) is 5.52. The van der Waals surface area contributed by atoms with Gasteiger partial charge in [-0.15, -0.1) is 22.7 Å². The molecule has 0 atom stereocenters. The molecule has 0 unspecified atom stereocenters. The number of hydrogen-bond donors (Lipinski definition) is 2. The number of anilines is 2. The Morgan fingerprint density at radius 3 is 2.26 bits per heavy atom. The number of amides is 2. The fourth-order valence-corrected chi connectivity index (χ4v) is 6.79. The fourth-order valence-electron chi connectivity index (χ4n) is 4.21. The first-order valence-electron chi connectivity index (χ1n) is 10.5. The molecule has 2 amide bonds. The van der Waals surface area contributed by atoms with Crippen molar-refractivity contribution in [2.45, 2.75) is 58.3 Å². The highest BCUT2D eigenvalue weighted by Gasteiger charge is 2.31. The van der Waals surface area contributed by atoms with Crippen molar-refractivity contribution in [1.82, 2.24) is 0 Å². The average Bonchev–Trinajstić information content (AvgIpc) is 3.40. The van der Waals surface area contributed by atoms with Crippen LogP contribution in [0.3, 0.4) is 0 Å². The lowest BCUT2D eigenvalue weighted by Gasteiger charge is -2.12. The molecule has 0 radical (unpaired) electrons. The van der Waals surface area contributed by atoms with Gasteiger partial charge in [0.1, 0.15) is 16.4 Å². The first-order chi connectivity index (χ1) is 15.0. The zero-order valence-corrected chi connectivity index (χ0v) is 18.9. The molecule has 162 valence electrons. The van der Waals surface area contributed by atoms with Crippen molar-refractivity contribution in [2.75, 3.05) is 17.2 Å². The monoisotopic (exact) mass is 457 g/mol. The van der Waals surface area contributed by atoms with Crippen LogP contribution < -0.4 is 10.6 Å². The summed E-state index contributed by atoms with van der Waals surface area (Å²) in [6, 6.07) is 1.83. The predicted octanol–water partition coefficient (Wildman–Crippen LogP) is 4.46. The lowest BCUT2D eigenvalue weighted by Crippen LogP contribution is -2.19. The molecule has 2 aromatic rings. The van der Waals surface area contributed by atoms with Crippen molar-refractivity contribution in [3.8, 4) is 6.07 Å². The number of carbonyl (C=O) groups is 3. The average molecular weight is 458 g/mol. The van der Waals surface area contributed by atoms with Crippen molar-refractivity contribution >= 4 is 50.5 Å². The molecule has 9 heteroatoms. The quantitative estimate of drug-likeness (QED) is 0.623. The Hall–Kier alpha value is -2.70. The van der Waals surface area contributed by atoms with Crippen LogP contribution in [-0.4, -0.2) is 24.4 Å². The summed E-state index contributed by atoms with van der Waals surface area (Å²) < 4.78 is 5.27. The second-order valence-corrected chi connectivity index (χ2v) is 9.74. The van der Waals surface area contributed by atoms with E-state index in [1.165, 1.54) is 22.7 Å². The van der Waals surface area contributed by atoms with Gasteiger partial charge in [0.2, 0.25) is 5.91 Å². The number of carbonyl (C=O) groups excluding carboxylic acids is 3. The number of nitriles is 1. The van der Waals surface area contributed by atoms with Crippen molar-refractivity contribution in [2.24, 2.45) is 0 Å². The summed E-state index contributed by atoms with van der Waals surface area (Å²) in [6.45, 7) is 2.03. The van der Waals surface area contributed by atoms with Crippen molar-refractivity contribution < 1.29 is 19.1 Å². The molecule has 0 saturated carbocycles. The van der Waals surface area contributed by atoms with E-state index in [2.05, 4.69) is 10.6 Å². The minimum Gasteiger partial charge on any atom is -0.462 e. The Morgan fingerprint density at radius 2 is 1.55 bits per heavy atom. The topological polar surface area (TPSA) is 108 Å². The maximum atomic E-state index is 13.4. The van der Waals surface area contributed by atoms with E-state index >= 15 is 0 Å². The number of ether oxygens (including phenoxy) is 1. The fraction of sp³-hybridized carbons (Fsp3) is 0.455. The van der Waals surface area contributed by atoms with E-state index in [0.717, 1.165) is 65.8 Å². The van der Waals surface area contributed by atoms with Gasteiger partial charge in [0.25, 0.3) is 5.91 Å². The van der Waals surface area contributed by atoms with Gasteiger partial charge in [0.15, 0.2) is 0 Å². The summed E-state index contributed by atoms with van der Waals surface area (Å²) >= 11 is 2.84. The third-order valence-corrected chi connectivity index (χ3v) is 7.93. The molecule has 31 heavy (non-hydrogen) atoms. The molecule has 0 bridgehead atoms. The first kappa shape index (κ1) is 21.5. The van der Waals surface area contributed by atoms with Crippen LogP contribution in [0.1, 0.15) is 74.2 Å². The summed E-state index contributed by atoms with van der Waals surface area (Å²) in [6.07, 6.45) is 6.12. The maximum absolute atomic E-state index is 13.4. The van der Waals surface area contributed by atoms with Gasteiger partial charge in [-0.05, 0) is 63.0 Å². The molecule has 0 saturated heterocycles. The van der Waals surface area contributed by atoms with Gasteiger partial charge in [-0.2, -0.15) is 5.26 Å². The molecular weight excluding hydrogens is 434 g/mol. The van der Waals surface area contributed by atoms with Crippen LogP contribution in [0, 0.1) is 11.3 Å². The highest BCUT2D eigenvalue weighted by atomic mass is 32.1. The zero-order chi connectivity index (χ0) is 22.0. The minimum atomic E-state index is -0.435. The highest BCUT2D eigenvalue weighted by Crippen LogP contribution is 2.42. The lowest BCUT2D eigenvalue weighted by molar-refractivity contribution is -0.115. The molecule has 2 heterocycles. The first-order valence-corrected chi connectivity index (χ1v) is 12.1. The number of thiophene rings is 2. The number of hydrogen-bond acceptors (Lipinski definition) is 7. The Morgan fingerprint density at radius 1 is 0.935 bits per heavy atom. The van der Waals surface area contributed by atoms with E-state index in [1.807, 2.05) is 6.07 Å². The molecule has 2 aliphatic carbocycles. The Balaban J connectivity index is 1.68. The van der Waals surface area contributed by atoms with Crippen LogP contribution in [0.15, 0.2) is 0 Å². The summed E-state index contributed by atoms with van der Waals surface area (Å²) in [5.74, 6) is -1.18. The van der Waals surface area contributed by atoms with E-state index < -0.39 is 11.9 Å². The van der Waals surface area contributed by atoms with E-state index in [1.54, 1.807) is 6.92 Å². The molecule has 7 nitrogen and oxygen atoms in total. The number of aryl methyl sites for hydroxylation is 2. The summed E-state index contributed by atoms with van der Waals surface area (Å²) in [5.41, 5.74) is 2.86. The lowest BCUT2D eigenvalue weighted by atomic mass is 9.95. The standard InChI is InChI=1S/C22H23N3O4S2/c1-2-29-22(28)18-13-6-3-4-8-14(13)31-21(18)25-19(27)17-12-7-5-9-15(12)30-20(17)24-16(26)10-11-23/h2-10H2,1H3,(H,24,26)(H,25,27). The van der Waals surface area contributed by atoms with Gasteiger partial charge >= 0.3 is 5.97 Å². The molecule has 0 aromatic carbocycles. The molecule has 2 N–H and O–H groups in total. The molecule has 0 spiro atoms. The van der Waals surface area contributed by atoms with Crippen molar-refractivity contribution in [1.29, 1.82) is 5.26 Å². The number of fused-ring (bicyclic) bond motifs is 2. The molecule has 2 aromatic heterocycles. The van der Waals surface area contributed by atoms with Crippen LogP contribution in [0.25, 0.3) is 0 Å². The van der Waals surface area contributed by atoms with Crippen LogP contribution in [0.5, 0.6) is 0 Å². The van der Waals surface area contributed by atoms with Gasteiger partial charge < -0.3 is 15.4 Å². The van der Waals surface area contributed by atoms with Gasteiger partial charge in [-0.3, -0.25) is 9.59 Å². The molecule has 4 rings (SSSR count). The van der Waals surface area contributed by atoms with Crippen LogP contribution in [0.4, 0.5) is 10.0 Å². The largest absolute Gasteiger partial charge is 0.462 e. The van der Waals surface area contributed by atoms with E-state index in [9.17, 15) is 14.4 Å². The third kappa shape index (κ3) is 4.23. The highest BCUT2D eigenvalue weighted by molar-refractivity contribution is 7.17. The number of nitrogens with one attached hydrogen (secondary N) is 2. The van der Waals surface area contributed by atoms with Gasteiger partial charge in [0, 0.05) is 9.75 Å². The Kier molecular flexibility index (Phi) is 6.39. The van der Waals surface area contributed by atoms with E-state index in [-0.39, 0.29) is 18.9 Å². The van der Waals surface area contributed by atoms with Crippen LogP contribution >= 0.6 is 22.7 Å². The second-order valence-electron chi connectivity index (χ2n) is 7.53. The molecular formula is C22H23N3O4S2. The summed E-state index contributed by atoms with van der Waals surface area (Å²) in [5, 5.41) is 15.4. The van der Waals surface area contributed by atoms with Crippen molar-refractivity contribution in [3.63, 3.8) is 0 Å². The Bertz CT molecular complexity index is 1090.